The molecular formula is C11H13F2N. The quantitative estimate of drug-likeness (QED) is 0.785. The van der Waals surface area contributed by atoms with Gasteiger partial charge in [-0.2, -0.15) is 0 Å². The second-order valence-corrected chi connectivity index (χ2v) is 3.91. The third-order valence-electron chi connectivity index (χ3n) is 2.53. The Balaban J connectivity index is 2.10. The van der Waals surface area contributed by atoms with Crippen LogP contribution in [0.25, 0.3) is 0 Å². The number of hydrogen-bond acceptors (Lipinski definition) is 1. The van der Waals surface area contributed by atoms with E-state index in [-0.39, 0.29) is 17.3 Å². The van der Waals surface area contributed by atoms with Gasteiger partial charge in [-0.1, -0.05) is 0 Å². The van der Waals surface area contributed by atoms with Gasteiger partial charge in [-0.05, 0) is 37.3 Å². The SMILES string of the molecule is Cc1cc(F)c(NCC2CC2)cc1F. The second-order valence-electron chi connectivity index (χ2n) is 3.91. The number of hydrogen-bond donors (Lipinski definition) is 1. The van der Waals surface area contributed by atoms with Gasteiger partial charge in [0.05, 0.1) is 5.69 Å². The highest BCUT2D eigenvalue weighted by Gasteiger charge is 2.21. The average molecular weight is 197 g/mol. The summed E-state index contributed by atoms with van der Waals surface area (Å²) in [6.45, 7) is 2.31. The first-order valence-electron chi connectivity index (χ1n) is 4.86. The predicted molar refractivity (Wildman–Crippen MR) is 52.3 cm³/mol. The Bertz CT molecular complexity index is 345. The molecule has 0 saturated heterocycles. The Morgan fingerprint density at radius 1 is 1.29 bits per heavy atom. The Morgan fingerprint density at radius 2 is 2.00 bits per heavy atom. The minimum atomic E-state index is -0.371. The summed E-state index contributed by atoms with van der Waals surface area (Å²) in [5.74, 6) is -0.0759. The van der Waals surface area contributed by atoms with Crippen LogP contribution in [0.4, 0.5) is 14.5 Å². The van der Waals surface area contributed by atoms with Gasteiger partial charge in [0.15, 0.2) is 0 Å². The summed E-state index contributed by atoms with van der Waals surface area (Å²) < 4.78 is 26.4. The molecule has 0 heterocycles. The fourth-order valence-electron chi connectivity index (χ4n) is 1.36. The van der Waals surface area contributed by atoms with Crippen molar-refractivity contribution in [2.75, 3.05) is 11.9 Å². The zero-order valence-corrected chi connectivity index (χ0v) is 8.11. The molecule has 3 heteroatoms. The summed E-state index contributed by atoms with van der Waals surface area (Å²) in [7, 11) is 0. The maximum atomic E-state index is 13.3. The van der Waals surface area contributed by atoms with E-state index in [9.17, 15) is 8.78 Å². The van der Waals surface area contributed by atoms with Crippen LogP contribution in [0.2, 0.25) is 0 Å². The summed E-state index contributed by atoms with van der Waals surface area (Å²) in [6, 6.07) is 2.46. The standard InChI is InChI=1S/C11H13F2N/c1-7-4-10(13)11(5-9(7)12)14-6-8-2-3-8/h4-5,8,14H,2-3,6H2,1H3. The zero-order chi connectivity index (χ0) is 10.1. The smallest absolute Gasteiger partial charge is 0.146 e. The van der Waals surface area contributed by atoms with E-state index in [1.807, 2.05) is 0 Å². The molecule has 1 nitrogen and oxygen atoms in total. The van der Waals surface area contributed by atoms with Crippen LogP contribution in [0.15, 0.2) is 12.1 Å². The molecular weight excluding hydrogens is 184 g/mol. The average Bonchev–Trinajstić information content (AvgIpc) is 2.92. The van der Waals surface area contributed by atoms with Gasteiger partial charge in [-0.25, -0.2) is 8.78 Å². The monoisotopic (exact) mass is 197 g/mol. The second kappa shape index (κ2) is 3.56. The van der Waals surface area contributed by atoms with Crippen LogP contribution in [-0.4, -0.2) is 6.54 Å². The molecule has 1 N–H and O–H groups in total. The Kier molecular flexibility index (Phi) is 2.40. The Morgan fingerprint density at radius 3 is 2.64 bits per heavy atom. The summed E-state index contributed by atoms with van der Waals surface area (Å²) in [4.78, 5) is 0. The minimum Gasteiger partial charge on any atom is -0.382 e. The lowest BCUT2D eigenvalue weighted by Gasteiger charge is -2.07. The van der Waals surface area contributed by atoms with Crippen molar-refractivity contribution in [1.29, 1.82) is 0 Å². The topological polar surface area (TPSA) is 12.0 Å². The van der Waals surface area contributed by atoms with E-state index in [1.54, 1.807) is 6.92 Å². The van der Waals surface area contributed by atoms with E-state index < -0.39 is 0 Å². The van der Waals surface area contributed by atoms with Crippen molar-refractivity contribution in [2.24, 2.45) is 5.92 Å². The van der Waals surface area contributed by atoms with E-state index in [4.69, 9.17) is 0 Å². The number of halogens is 2. The highest BCUT2D eigenvalue weighted by atomic mass is 19.1. The van der Waals surface area contributed by atoms with E-state index in [1.165, 1.54) is 25.0 Å². The Labute approximate surface area is 82.1 Å². The lowest BCUT2D eigenvalue weighted by Crippen LogP contribution is -2.05. The molecule has 0 atom stereocenters. The van der Waals surface area contributed by atoms with Crippen LogP contribution in [-0.2, 0) is 0 Å². The number of benzene rings is 1. The molecule has 0 aliphatic heterocycles. The Hall–Kier alpha value is -1.12. The van der Waals surface area contributed by atoms with Crippen LogP contribution >= 0.6 is 0 Å². The first-order valence-corrected chi connectivity index (χ1v) is 4.86. The van der Waals surface area contributed by atoms with Gasteiger partial charge in [-0.3, -0.25) is 0 Å². The van der Waals surface area contributed by atoms with Crippen molar-refractivity contribution in [3.05, 3.63) is 29.3 Å². The van der Waals surface area contributed by atoms with Gasteiger partial charge in [-0.15, -0.1) is 0 Å². The maximum absolute atomic E-state index is 13.3. The normalized spacial score (nSPS) is 15.6. The molecule has 0 spiro atoms. The van der Waals surface area contributed by atoms with Crippen molar-refractivity contribution in [3.63, 3.8) is 0 Å². The number of aryl methyl sites for hydroxylation is 1. The molecule has 76 valence electrons. The van der Waals surface area contributed by atoms with Gasteiger partial charge < -0.3 is 5.32 Å². The first-order chi connectivity index (χ1) is 6.66. The molecule has 0 amide bonds. The van der Waals surface area contributed by atoms with E-state index in [2.05, 4.69) is 5.32 Å². The van der Waals surface area contributed by atoms with Crippen LogP contribution in [0.3, 0.4) is 0 Å². The molecule has 0 radical (unpaired) electrons. The van der Waals surface area contributed by atoms with Gasteiger partial charge in [0.1, 0.15) is 11.6 Å². The third kappa shape index (κ3) is 2.03. The largest absolute Gasteiger partial charge is 0.382 e. The van der Waals surface area contributed by atoms with Crippen LogP contribution < -0.4 is 5.32 Å². The summed E-state index contributed by atoms with van der Waals surface area (Å²) in [6.07, 6.45) is 2.39. The van der Waals surface area contributed by atoms with Crippen molar-refractivity contribution >= 4 is 5.69 Å². The van der Waals surface area contributed by atoms with Crippen molar-refractivity contribution in [2.45, 2.75) is 19.8 Å². The van der Waals surface area contributed by atoms with Crippen LogP contribution in [0.5, 0.6) is 0 Å². The molecule has 1 aliphatic rings. The summed E-state index contributed by atoms with van der Waals surface area (Å²) >= 11 is 0. The van der Waals surface area contributed by atoms with Crippen molar-refractivity contribution in [1.82, 2.24) is 0 Å². The van der Waals surface area contributed by atoms with E-state index >= 15 is 0 Å². The predicted octanol–water partition coefficient (Wildman–Crippen LogP) is 3.10. The molecule has 1 aromatic carbocycles. The van der Waals surface area contributed by atoms with Crippen LogP contribution in [0.1, 0.15) is 18.4 Å². The molecule has 14 heavy (non-hydrogen) atoms. The van der Waals surface area contributed by atoms with Gasteiger partial charge in [0.2, 0.25) is 0 Å². The molecule has 1 saturated carbocycles. The molecule has 1 aliphatic carbocycles. The molecule has 0 aromatic heterocycles. The third-order valence-corrected chi connectivity index (χ3v) is 2.53. The van der Waals surface area contributed by atoms with Crippen molar-refractivity contribution < 1.29 is 8.78 Å². The maximum Gasteiger partial charge on any atom is 0.146 e. The van der Waals surface area contributed by atoms with Crippen LogP contribution in [0, 0.1) is 24.5 Å². The lowest BCUT2D eigenvalue weighted by molar-refractivity contribution is 0.594. The molecule has 1 aromatic rings. The summed E-state index contributed by atoms with van der Waals surface area (Å²) in [5, 5.41) is 2.93. The first kappa shape index (κ1) is 9.44. The number of anilines is 1. The summed E-state index contributed by atoms with van der Waals surface area (Å²) in [5.41, 5.74) is 0.625. The highest BCUT2D eigenvalue weighted by Crippen LogP contribution is 2.29. The lowest BCUT2D eigenvalue weighted by atomic mass is 10.2. The zero-order valence-electron chi connectivity index (χ0n) is 8.11. The van der Waals surface area contributed by atoms with Gasteiger partial charge >= 0.3 is 0 Å². The molecule has 1 fully saturated rings. The molecule has 0 bridgehead atoms. The number of nitrogens with one attached hydrogen (secondary N) is 1. The molecule has 0 unspecified atom stereocenters. The minimum absolute atomic E-state index is 0.278. The van der Waals surface area contributed by atoms with E-state index in [0.717, 1.165) is 6.54 Å². The number of rotatable bonds is 3. The van der Waals surface area contributed by atoms with E-state index in [0.29, 0.717) is 11.5 Å². The van der Waals surface area contributed by atoms with Crippen molar-refractivity contribution in [3.8, 4) is 0 Å². The fourth-order valence-corrected chi connectivity index (χ4v) is 1.36. The van der Waals surface area contributed by atoms with Gasteiger partial charge in [0, 0.05) is 12.6 Å². The highest BCUT2D eigenvalue weighted by molar-refractivity contribution is 5.47. The fraction of sp³-hybridized carbons (Fsp3) is 0.455. The molecule has 2 rings (SSSR count). The van der Waals surface area contributed by atoms with Gasteiger partial charge in [0.25, 0.3) is 0 Å².